The smallest absolute Gasteiger partial charge is 0.165 e. The molecule has 1 unspecified atom stereocenters. The van der Waals surface area contributed by atoms with Gasteiger partial charge in [-0.2, -0.15) is 9.61 Å². The Morgan fingerprint density at radius 2 is 2.29 bits per heavy atom. The molecule has 4 heterocycles. The lowest BCUT2D eigenvalue weighted by atomic mass is 10.1. The average Bonchev–Trinajstić information content (AvgIpc) is 3.08. The standard InChI is InChI=1S/C17H20N6O/c1-24-14-7-12(8-19-10-14)15-11-21-23-16(4-6-20-17(15)23)22-13-3-2-5-18-9-13/h4,6-8,10-11,13,18,22H,2-3,5,9H2,1H3. The summed E-state index contributed by atoms with van der Waals surface area (Å²) in [4.78, 5) is 8.72. The fraction of sp³-hybridized carbons (Fsp3) is 0.353. The van der Waals surface area contributed by atoms with Crippen LogP contribution in [0.15, 0.2) is 36.9 Å². The van der Waals surface area contributed by atoms with Crippen LogP contribution in [0.4, 0.5) is 5.82 Å². The van der Waals surface area contributed by atoms with Crippen molar-refractivity contribution in [3.8, 4) is 16.9 Å². The number of hydrogen-bond donors (Lipinski definition) is 2. The molecule has 0 aliphatic carbocycles. The van der Waals surface area contributed by atoms with Crippen molar-refractivity contribution < 1.29 is 4.74 Å². The second-order valence-corrected chi connectivity index (χ2v) is 5.92. The number of nitrogens with one attached hydrogen (secondary N) is 2. The van der Waals surface area contributed by atoms with Crippen molar-refractivity contribution >= 4 is 11.5 Å². The van der Waals surface area contributed by atoms with Gasteiger partial charge in [-0.15, -0.1) is 0 Å². The Kier molecular flexibility index (Phi) is 4.00. The third-order valence-electron chi connectivity index (χ3n) is 4.31. The van der Waals surface area contributed by atoms with Gasteiger partial charge in [-0.25, -0.2) is 4.98 Å². The first-order valence-corrected chi connectivity index (χ1v) is 8.14. The maximum Gasteiger partial charge on any atom is 0.165 e. The van der Waals surface area contributed by atoms with E-state index >= 15 is 0 Å². The number of pyridine rings is 1. The molecule has 0 saturated carbocycles. The van der Waals surface area contributed by atoms with E-state index in [0.717, 1.165) is 47.9 Å². The third-order valence-corrected chi connectivity index (χ3v) is 4.31. The SMILES string of the molecule is COc1cncc(-c2cnn3c(NC4CCCNC4)ccnc23)c1. The highest BCUT2D eigenvalue weighted by Gasteiger charge is 2.16. The van der Waals surface area contributed by atoms with Crippen LogP contribution in [0.1, 0.15) is 12.8 Å². The Morgan fingerprint density at radius 3 is 3.12 bits per heavy atom. The second-order valence-electron chi connectivity index (χ2n) is 5.92. The molecule has 1 aliphatic rings. The Hall–Kier alpha value is -2.67. The molecule has 1 aliphatic heterocycles. The van der Waals surface area contributed by atoms with Crippen molar-refractivity contribution in [2.24, 2.45) is 0 Å². The minimum Gasteiger partial charge on any atom is -0.495 e. The Labute approximate surface area is 140 Å². The summed E-state index contributed by atoms with van der Waals surface area (Å²) in [5.74, 6) is 1.67. The van der Waals surface area contributed by atoms with E-state index in [4.69, 9.17) is 4.74 Å². The van der Waals surface area contributed by atoms with Crippen LogP contribution in [0.3, 0.4) is 0 Å². The number of hydrogen-bond acceptors (Lipinski definition) is 6. The highest BCUT2D eigenvalue weighted by atomic mass is 16.5. The zero-order valence-corrected chi connectivity index (χ0v) is 13.6. The Balaban J connectivity index is 1.70. The summed E-state index contributed by atoms with van der Waals surface area (Å²) in [6.07, 6.45) is 9.46. The van der Waals surface area contributed by atoms with E-state index < -0.39 is 0 Å². The third kappa shape index (κ3) is 2.78. The van der Waals surface area contributed by atoms with Gasteiger partial charge in [0.15, 0.2) is 5.65 Å². The molecule has 124 valence electrons. The van der Waals surface area contributed by atoms with E-state index in [1.807, 2.05) is 29.0 Å². The van der Waals surface area contributed by atoms with Gasteiger partial charge in [-0.05, 0) is 31.5 Å². The number of nitrogens with zero attached hydrogens (tertiary/aromatic N) is 4. The summed E-state index contributed by atoms with van der Waals surface area (Å²) >= 11 is 0. The number of methoxy groups -OCH3 is 1. The summed E-state index contributed by atoms with van der Waals surface area (Å²) in [5.41, 5.74) is 2.68. The first-order chi connectivity index (χ1) is 11.8. The summed E-state index contributed by atoms with van der Waals surface area (Å²) in [5, 5.41) is 11.5. The molecule has 7 heteroatoms. The van der Waals surface area contributed by atoms with Crippen molar-refractivity contribution in [1.82, 2.24) is 24.9 Å². The maximum atomic E-state index is 5.26. The van der Waals surface area contributed by atoms with Crippen LogP contribution in [0.2, 0.25) is 0 Å². The zero-order chi connectivity index (χ0) is 16.4. The van der Waals surface area contributed by atoms with Gasteiger partial charge >= 0.3 is 0 Å². The van der Waals surface area contributed by atoms with E-state index in [0.29, 0.717) is 6.04 Å². The van der Waals surface area contributed by atoms with Crippen LogP contribution in [-0.4, -0.2) is 45.8 Å². The predicted molar refractivity (Wildman–Crippen MR) is 92.3 cm³/mol. The topological polar surface area (TPSA) is 76.4 Å². The molecule has 4 rings (SSSR count). The highest BCUT2D eigenvalue weighted by Crippen LogP contribution is 2.27. The van der Waals surface area contributed by atoms with Gasteiger partial charge in [-0.3, -0.25) is 4.98 Å². The van der Waals surface area contributed by atoms with Crippen LogP contribution in [0.5, 0.6) is 5.75 Å². The number of fused-ring (bicyclic) bond motifs is 1. The summed E-state index contributed by atoms with van der Waals surface area (Å²) in [7, 11) is 1.63. The molecule has 0 spiro atoms. The monoisotopic (exact) mass is 324 g/mol. The molecule has 1 saturated heterocycles. The van der Waals surface area contributed by atoms with Crippen LogP contribution in [0.25, 0.3) is 16.8 Å². The van der Waals surface area contributed by atoms with E-state index in [9.17, 15) is 0 Å². The molecule has 3 aromatic rings. The first kappa shape index (κ1) is 14.9. The van der Waals surface area contributed by atoms with Gasteiger partial charge in [0.1, 0.15) is 11.6 Å². The lowest BCUT2D eigenvalue weighted by Gasteiger charge is -2.24. The lowest BCUT2D eigenvalue weighted by molar-refractivity contribution is 0.413. The van der Waals surface area contributed by atoms with Gasteiger partial charge in [0.25, 0.3) is 0 Å². The van der Waals surface area contributed by atoms with E-state index in [1.54, 1.807) is 19.5 Å². The molecule has 2 N–H and O–H groups in total. The van der Waals surface area contributed by atoms with Crippen LogP contribution >= 0.6 is 0 Å². The molecule has 1 atom stereocenters. The number of piperidine rings is 1. The van der Waals surface area contributed by atoms with Gasteiger partial charge < -0.3 is 15.4 Å². The highest BCUT2D eigenvalue weighted by molar-refractivity contribution is 5.78. The molecule has 0 aromatic carbocycles. The minimum absolute atomic E-state index is 0.412. The van der Waals surface area contributed by atoms with E-state index in [-0.39, 0.29) is 0 Å². The normalized spacial score (nSPS) is 17.8. The Bertz CT molecular complexity index is 840. The van der Waals surface area contributed by atoms with Crippen molar-refractivity contribution in [2.75, 3.05) is 25.5 Å². The fourth-order valence-corrected chi connectivity index (χ4v) is 3.07. The fourth-order valence-electron chi connectivity index (χ4n) is 3.07. The van der Waals surface area contributed by atoms with Crippen LogP contribution in [-0.2, 0) is 0 Å². The van der Waals surface area contributed by atoms with Crippen molar-refractivity contribution in [3.63, 3.8) is 0 Å². The van der Waals surface area contributed by atoms with Gasteiger partial charge in [0, 0.05) is 36.1 Å². The number of ether oxygens (including phenoxy) is 1. The molecular weight excluding hydrogens is 304 g/mol. The molecule has 7 nitrogen and oxygen atoms in total. The number of aromatic nitrogens is 4. The van der Waals surface area contributed by atoms with Crippen molar-refractivity contribution in [3.05, 3.63) is 36.9 Å². The zero-order valence-electron chi connectivity index (χ0n) is 13.6. The molecule has 0 bridgehead atoms. The molecule has 1 fully saturated rings. The molecule has 0 radical (unpaired) electrons. The molecular formula is C17H20N6O. The quantitative estimate of drug-likeness (QED) is 0.764. The Morgan fingerprint density at radius 1 is 1.33 bits per heavy atom. The summed E-state index contributed by atoms with van der Waals surface area (Å²) in [6, 6.07) is 4.31. The van der Waals surface area contributed by atoms with E-state index in [2.05, 4.69) is 25.7 Å². The largest absolute Gasteiger partial charge is 0.495 e. The first-order valence-electron chi connectivity index (χ1n) is 8.14. The maximum absolute atomic E-state index is 5.26. The number of anilines is 1. The van der Waals surface area contributed by atoms with Crippen molar-refractivity contribution in [1.29, 1.82) is 0 Å². The lowest BCUT2D eigenvalue weighted by Crippen LogP contribution is -2.38. The average molecular weight is 324 g/mol. The van der Waals surface area contributed by atoms with Gasteiger partial charge in [0.05, 0.1) is 19.5 Å². The summed E-state index contributed by atoms with van der Waals surface area (Å²) in [6.45, 7) is 2.07. The van der Waals surface area contributed by atoms with Crippen LogP contribution in [0, 0.1) is 0 Å². The minimum atomic E-state index is 0.412. The van der Waals surface area contributed by atoms with Gasteiger partial charge in [-0.1, -0.05) is 0 Å². The molecule has 0 amide bonds. The predicted octanol–water partition coefficient (Wildman–Crippen LogP) is 1.96. The van der Waals surface area contributed by atoms with E-state index in [1.165, 1.54) is 6.42 Å². The van der Waals surface area contributed by atoms with Gasteiger partial charge in [0.2, 0.25) is 0 Å². The summed E-state index contributed by atoms with van der Waals surface area (Å²) < 4.78 is 7.11. The number of rotatable bonds is 4. The van der Waals surface area contributed by atoms with Crippen LogP contribution < -0.4 is 15.4 Å². The van der Waals surface area contributed by atoms with Crippen molar-refractivity contribution in [2.45, 2.75) is 18.9 Å². The molecule has 24 heavy (non-hydrogen) atoms. The second kappa shape index (κ2) is 6.45. The molecule has 3 aromatic heterocycles.